The second kappa shape index (κ2) is 9.39. The van der Waals surface area contributed by atoms with Crippen molar-refractivity contribution in [3.05, 3.63) is 41.7 Å². The Balaban J connectivity index is 1.35. The number of amides is 1. The van der Waals surface area contributed by atoms with E-state index in [2.05, 4.69) is 27.3 Å². The summed E-state index contributed by atoms with van der Waals surface area (Å²) in [6, 6.07) is 8.62. The Kier molecular flexibility index (Phi) is 6.44. The molecule has 1 aromatic heterocycles. The van der Waals surface area contributed by atoms with Crippen LogP contribution in [-0.2, 0) is 6.54 Å². The average Bonchev–Trinajstić information content (AvgIpc) is 3.26. The van der Waals surface area contributed by atoms with Gasteiger partial charge in [0.15, 0.2) is 5.69 Å². The number of aromatic nitrogens is 3. The topological polar surface area (TPSA) is 63.5 Å². The van der Waals surface area contributed by atoms with Crippen molar-refractivity contribution < 1.29 is 9.53 Å². The molecule has 3 heterocycles. The zero-order chi connectivity index (χ0) is 20.1. The standard InChI is InChI=1S/C22H31N5O2/c1-2-29-20-10-8-18(9-11-20)15-25-12-6-7-19(16-25)27-17-21(23-24-27)22(28)26-13-4-3-5-14-26/h8-11,17,19H,2-7,12-16H2,1H3/t19-/m1/s1. The molecule has 2 saturated heterocycles. The summed E-state index contributed by atoms with van der Waals surface area (Å²) in [4.78, 5) is 17.0. The molecule has 0 aliphatic carbocycles. The van der Waals surface area contributed by atoms with Gasteiger partial charge in [-0.25, -0.2) is 4.68 Å². The number of hydrogen-bond donors (Lipinski definition) is 0. The minimum atomic E-state index is 0.0259. The maximum absolute atomic E-state index is 12.7. The van der Waals surface area contributed by atoms with Gasteiger partial charge in [0.2, 0.25) is 0 Å². The Bertz CT molecular complexity index is 798. The van der Waals surface area contributed by atoms with E-state index < -0.39 is 0 Å². The molecule has 7 nitrogen and oxygen atoms in total. The number of piperidine rings is 2. The first-order chi connectivity index (χ1) is 14.2. The second-order valence-corrected chi connectivity index (χ2v) is 8.04. The van der Waals surface area contributed by atoms with Gasteiger partial charge in [0.1, 0.15) is 5.75 Å². The van der Waals surface area contributed by atoms with Gasteiger partial charge >= 0.3 is 0 Å². The van der Waals surface area contributed by atoms with E-state index in [1.165, 1.54) is 12.0 Å². The van der Waals surface area contributed by atoms with Crippen molar-refractivity contribution in [1.82, 2.24) is 24.8 Å². The molecule has 2 aromatic rings. The Morgan fingerprint density at radius 2 is 1.90 bits per heavy atom. The number of rotatable bonds is 6. The monoisotopic (exact) mass is 397 g/mol. The maximum atomic E-state index is 12.7. The normalized spacial score (nSPS) is 20.6. The van der Waals surface area contributed by atoms with Crippen molar-refractivity contribution in [2.75, 3.05) is 32.8 Å². The summed E-state index contributed by atoms with van der Waals surface area (Å²) < 4.78 is 7.43. The number of ether oxygens (including phenoxy) is 1. The Morgan fingerprint density at radius 3 is 2.66 bits per heavy atom. The van der Waals surface area contributed by atoms with E-state index in [9.17, 15) is 4.79 Å². The van der Waals surface area contributed by atoms with E-state index in [4.69, 9.17) is 4.74 Å². The van der Waals surface area contributed by atoms with Gasteiger partial charge in [-0.15, -0.1) is 5.10 Å². The third-order valence-corrected chi connectivity index (χ3v) is 5.87. The fraction of sp³-hybridized carbons (Fsp3) is 0.591. The van der Waals surface area contributed by atoms with Gasteiger partial charge in [-0.05, 0) is 63.3 Å². The molecule has 2 aliphatic rings. The quantitative estimate of drug-likeness (QED) is 0.749. The van der Waals surface area contributed by atoms with Crippen molar-refractivity contribution in [2.45, 2.75) is 51.6 Å². The third kappa shape index (κ3) is 4.96. The van der Waals surface area contributed by atoms with E-state index in [1.807, 2.05) is 34.8 Å². The van der Waals surface area contributed by atoms with Crippen LogP contribution in [0.5, 0.6) is 5.75 Å². The van der Waals surface area contributed by atoms with Crippen LogP contribution >= 0.6 is 0 Å². The van der Waals surface area contributed by atoms with Gasteiger partial charge in [0, 0.05) is 26.2 Å². The number of carbonyl (C=O) groups is 1. The van der Waals surface area contributed by atoms with E-state index >= 15 is 0 Å². The molecular formula is C22H31N5O2. The number of likely N-dealkylation sites (tertiary alicyclic amines) is 2. The first-order valence-electron chi connectivity index (χ1n) is 10.9. The second-order valence-electron chi connectivity index (χ2n) is 8.04. The van der Waals surface area contributed by atoms with E-state index in [0.29, 0.717) is 12.3 Å². The summed E-state index contributed by atoms with van der Waals surface area (Å²) in [5.74, 6) is 0.944. The summed E-state index contributed by atoms with van der Waals surface area (Å²) in [6.07, 6.45) is 7.42. The molecule has 0 radical (unpaired) electrons. The highest BCUT2D eigenvalue weighted by Gasteiger charge is 2.25. The molecule has 1 atom stereocenters. The van der Waals surface area contributed by atoms with Gasteiger partial charge in [-0.1, -0.05) is 17.3 Å². The van der Waals surface area contributed by atoms with Gasteiger partial charge < -0.3 is 9.64 Å². The lowest BCUT2D eigenvalue weighted by Crippen LogP contribution is -2.36. The molecule has 29 heavy (non-hydrogen) atoms. The van der Waals surface area contributed by atoms with Crippen molar-refractivity contribution in [1.29, 1.82) is 0 Å². The molecule has 0 N–H and O–H groups in total. The highest BCUT2D eigenvalue weighted by molar-refractivity contribution is 5.91. The molecule has 156 valence electrons. The molecule has 1 amide bonds. The van der Waals surface area contributed by atoms with Crippen molar-refractivity contribution in [3.63, 3.8) is 0 Å². The smallest absolute Gasteiger partial charge is 0.276 e. The third-order valence-electron chi connectivity index (χ3n) is 5.87. The Labute approximate surface area is 172 Å². The largest absolute Gasteiger partial charge is 0.494 e. The van der Waals surface area contributed by atoms with Gasteiger partial charge in [0.05, 0.1) is 18.8 Å². The van der Waals surface area contributed by atoms with Crippen LogP contribution < -0.4 is 4.74 Å². The minimum Gasteiger partial charge on any atom is -0.494 e. The van der Waals surface area contributed by atoms with Crippen LogP contribution in [0.25, 0.3) is 0 Å². The summed E-state index contributed by atoms with van der Waals surface area (Å²) in [5, 5.41) is 8.50. The average molecular weight is 398 g/mol. The molecule has 1 aromatic carbocycles. The number of benzene rings is 1. The van der Waals surface area contributed by atoms with Crippen molar-refractivity contribution >= 4 is 5.91 Å². The molecule has 0 bridgehead atoms. The number of hydrogen-bond acceptors (Lipinski definition) is 5. The van der Waals surface area contributed by atoms with Crippen LogP contribution in [0.15, 0.2) is 30.5 Å². The van der Waals surface area contributed by atoms with Gasteiger partial charge in [-0.2, -0.15) is 0 Å². The fourth-order valence-electron chi connectivity index (χ4n) is 4.32. The predicted octanol–water partition coefficient (Wildman–Crippen LogP) is 3.14. The van der Waals surface area contributed by atoms with Crippen LogP contribution in [-0.4, -0.2) is 63.5 Å². The molecule has 0 saturated carbocycles. The SMILES string of the molecule is CCOc1ccc(CN2CCC[C@@H](n3cc(C(=O)N4CCCCC4)nn3)C2)cc1. The van der Waals surface area contributed by atoms with Gasteiger partial charge in [-0.3, -0.25) is 9.69 Å². The fourth-order valence-corrected chi connectivity index (χ4v) is 4.32. The zero-order valence-corrected chi connectivity index (χ0v) is 17.3. The molecule has 4 rings (SSSR count). The van der Waals surface area contributed by atoms with Crippen molar-refractivity contribution in [3.8, 4) is 5.75 Å². The predicted molar refractivity (Wildman–Crippen MR) is 111 cm³/mol. The van der Waals surface area contributed by atoms with Crippen LogP contribution in [0, 0.1) is 0 Å². The Morgan fingerprint density at radius 1 is 1.10 bits per heavy atom. The zero-order valence-electron chi connectivity index (χ0n) is 17.3. The number of carbonyl (C=O) groups excluding carboxylic acids is 1. The molecule has 0 unspecified atom stereocenters. The lowest BCUT2D eigenvalue weighted by Gasteiger charge is -2.32. The number of nitrogens with zero attached hydrogens (tertiary/aromatic N) is 5. The highest BCUT2D eigenvalue weighted by Crippen LogP contribution is 2.23. The molecule has 2 aliphatic heterocycles. The summed E-state index contributed by atoms with van der Waals surface area (Å²) in [5.41, 5.74) is 1.77. The molecule has 7 heteroatoms. The highest BCUT2D eigenvalue weighted by atomic mass is 16.5. The van der Waals surface area contributed by atoms with Crippen LogP contribution in [0.1, 0.15) is 61.1 Å². The Hall–Kier alpha value is -2.41. The summed E-state index contributed by atoms with van der Waals surface area (Å²) in [7, 11) is 0. The molecular weight excluding hydrogens is 366 g/mol. The maximum Gasteiger partial charge on any atom is 0.276 e. The minimum absolute atomic E-state index is 0.0259. The summed E-state index contributed by atoms with van der Waals surface area (Å²) in [6.45, 7) is 7.28. The van der Waals surface area contributed by atoms with E-state index in [-0.39, 0.29) is 11.9 Å². The first-order valence-corrected chi connectivity index (χ1v) is 10.9. The van der Waals surface area contributed by atoms with E-state index in [1.54, 1.807) is 0 Å². The van der Waals surface area contributed by atoms with E-state index in [0.717, 1.165) is 64.2 Å². The van der Waals surface area contributed by atoms with Crippen molar-refractivity contribution in [2.24, 2.45) is 0 Å². The summed E-state index contributed by atoms with van der Waals surface area (Å²) >= 11 is 0. The van der Waals surface area contributed by atoms with Crippen LogP contribution in [0.2, 0.25) is 0 Å². The van der Waals surface area contributed by atoms with Crippen LogP contribution in [0.3, 0.4) is 0 Å². The van der Waals surface area contributed by atoms with Gasteiger partial charge in [0.25, 0.3) is 5.91 Å². The van der Waals surface area contributed by atoms with Crippen LogP contribution in [0.4, 0.5) is 0 Å². The lowest BCUT2D eigenvalue weighted by atomic mass is 10.0. The molecule has 2 fully saturated rings. The molecule has 0 spiro atoms. The first kappa shape index (κ1) is 19.9. The lowest BCUT2D eigenvalue weighted by molar-refractivity contribution is 0.0718.